The van der Waals surface area contributed by atoms with Gasteiger partial charge in [-0.05, 0) is 83.6 Å². The van der Waals surface area contributed by atoms with E-state index in [1.54, 1.807) is 6.07 Å². The van der Waals surface area contributed by atoms with E-state index in [1.165, 1.54) is 19.4 Å². The van der Waals surface area contributed by atoms with Crippen molar-refractivity contribution >= 4 is 11.6 Å². The van der Waals surface area contributed by atoms with Crippen molar-refractivity contribution in [3.05, 3.63) is 29.6 Å². The third-order valence-electron chi connectivity index (χ3n) is 8.22. The number of hydrogen-bond acceptors (Lipinski definition) is 4. The topological polar surface area (TPSA) is 47.6 Å². The second kappa shape index (κ2) is 8.12. The maximum absolute atomic E-state index is 15.1. The Labute approximate surface area is 179 Å². The molecule has 1 aromatic carbocycles. The van der Waals surface area contributed by atoms with E-state index in [9.17, 15) is 4.79 Å². The zero-order valence-corrected chi connectivity index (χ0v) is 18.1. The Morgan fingerprint density at radius 2 is 1.93 bits per heavy atom. The first-order valence-corrected chi connectivity index (χ1v) is 11.9. The van der Waals surface area contributed by atoms with Gasteiger partial charge in [-0.3, -0.25) is 9.69 Å². The van der Waals surface area contributed by atoms with Crippen molar-refractivity contribution in [2.75, 3.05) is 37.6 Å². The molecular weight excluding hydrogens is 379 g/mol. The third kappa shape index (κ3) is 3.62. The summed E-state index contributed by atoms with van der Waals surface area (Å²) >= 11 is 0. The van der Waals surface area contributed by atoms with Crippen molar-refractivity contribution in [2.45, 2.75) is 70.0 Å². The highest BCUT2D eigenvalue weighted by Gasteiger charge is 2.44. The lowest BCUT2D eigenvalue weighted by molar-refractivity contribution is -0.136. The Balaban J connectivity index is 1.25. The summed E-state index contributed by atoms with van der Waals surface area (Å²) in [7, 11) is 0. The van der Waals surface area contributed by atoms with Gasteiger partial charge in [0.1, 0.15) is 5.82 Å². The number of piperidine rings is 2. The molecule has 5 rings (SSSR count). The van der Waals surface area contributed by atoms with Gasteiger partial charge in [0.15, 0.2) is 0 Å². The van der Waals surface area contributed by atoms with Crippen LogP contribution in [0.5, 0.6) is 0 Å². The Bertz CT molecular complexity index is 793. The largest absolute Gasteiger partial charge is 0.370 e. The van der Waals surface area contributed by atoms with Crippen molar-refractivity contribution in [3.63, 3.8) is 0 Å². The zero-order chi connectivity index (χ0) is 20.7. The molecule has 0 saturated carbocycles. The van der Waals surface area contributed by atoms with Crippen LogP contribution in [0, 0.1) is 11.2 Å². The van der Waals surface area contributed by atoms with Gasteiger partial charge < -0.3 is 15.5 Å². The second-order valence-electron chi connectivity index (χ2n) is 9.92. The van der Waals surface area contributed by atoms with E-state index in [0.29, 0.717) is 17.6 Å². The molecule has 4 fully saturated rings. The fourth-order valence-corrected chi connectivity index (χ4v) is 6.27. The number of anilines is 1. The Morgan fingerprint density at radius 1 is 1.10 bits per heavy atom. The van der Waals surface area contributed by atoms with Gasteiger partial charge in [-0.1, -0.05) is 6.07 Å². The summed E-state index contributed by atoms with van der Waals surface area (Å²) in [6.45, 7) is 7.30. The number of likely N-dealkylation sites (tertiary alicyclic amines) is 1. The minimum Gasteiger partial charge on any atom is -0.370 e. The van der Waals surface area contributed by atoms with Gasteiger partial charge in [-0.2, -0.15) is 0 Å². The van der Waals surface area contributed by atoms with Crippen LogP contribution in [0.15, 0.2) is 18.2 Å². The SMILES string of the molecule is C[C@H]1CCCN1[C@H]1CCN(c2ccc(C3CCC4(CCNCC4)C(=O)N3)c(F)c2)C1. The van der Waals surface area contributed by atoms with Crippen LogP contribution in [0.25, 0.3) is 0 Å². The molecule has 1 unspecified atom stereocenters. The molecule has 164 valence electrons. The van der Waals surface area contributed by atoms with Gasteiger partial charge in [-0.25, -0.2) is 4.39 Å². The van der Waals surface area contributed by atoms with Gasteiger partial charge in [0.25, 0.3) is 0 Å². The van der Waals surface area contributed by atoms with Gasteiger partial charge in [0.2, 0.25) is 5.91 Å². The molecule has 4 saturated heterocycles. The Hall–Kier alpha value is -1.66. The average Bonchev–Trinajstić information content (AvgIpc) is 3.40. The van der Waals surface area contributed by atoms with E-state index in [2.05, 4.69) is 33.4 Å². The lowest BCUT2D eigenvalue weighted by Gasteiger charge is -2.42. The number of nitrogens with one attached hydrogen (secondary N) is 2. The predicted octanol–water partition coefficient (Wildman–Crippen LogP) is 3.21. The van der Waals surface area contributed by atoms with E-state index in [0.717, 1.165) is 64.0 Å². The number of halogens is 1. The van der Waals surface area contributed by atoms with Crippen molar-refractivity contribution < 1.29 is 9.18 Å². The number of carbonyl (C=O) groups is 1. The number of nitrogens with zero attached hydrogens (tertiary/aromatic N) is 2. The number of benzene rings is 1. The van der Waals surface area contributed by atoms with Crippen LogP contribution in [0.1, 0.15) is 63.5 Å². The highest BCUT2D eigenvalue weighted by Crippen LogP contribution is 2.41. The highest BCUT2D eigenvalue weighted by molar-refractivity contribution is 5.84. The number of amides is 1. The number of carbonyl (C=O) groups excluding carboxylic acids is 1. The van der Waals surface area contributed by atoms with Crippen molar-refractivity contribution in [3.8, 4) is 0 Å². The molecule has 0 aliphatic carbocycles. The molecule has 4 aliphatic heterocycles. The van der Waals surface area contributed by atoms with E-state index < -0.39 is 0 Å². The summed E-state index contributed by atoms with van der Waals surface area (Å²) < 4.78 is 15.1. The van der Waals surface area contributed by atoms with Crippen LogP contribution in [-0.2, 0) is 4.79 Å². The predicted molar refractivity (Wildman–Crippen MR) is 117 cm³/mol. The zero-order valence-electron chi connectivity index (χ0n) is 18.1. The summed E-state index contributed by atoms with van der Waals surface area (Å²) in [5.41, 5.74) is 1.37. The van der Waals surface area contributed by atoms with Gasteiger partial charge in [-0.15, -0.1) is 0 Å². The fourth-order valence-electron chi connectivity index (χ4n) is 6.27. The Kier molecular flexibility index (Phi) is 5.48. The van der Waals surface area contributed by atoms with Gasteiger partial charge in [0, 0.05) is 36.4 Å². The molecule has 4 heterocycles. The maximum atomic E-state index is 15.1. The standard InChI is InChI=1S/C24H35FN4O/c1-17-3-2-13-29(17)19-7-14-28(16-19)18-4-5-20(21(25)15-18)22-6-8-24(23(30)27-22)9-11-26-12-10-24/h4-5,15,17,19,22,26H,2-3,6-14,16H2,1H3,(H,27,30)/t17-,19-,22?/m0/s1. The molecule has 5 nitrogen and oxygen atoms in total. The monoisotopic (exact) mass is 414 g/mol. The van der Waals surface area contributed by atoms with Crippen molar-refractivity contribution in [2.24, 2.45) is 5.41 Å². The van der Waals surface area contributed by atoms with Crippen LogP contribution >= 0.6 is 0 Å². The molecule has 1 spiro atoms. The number of rotatable bonds is 3. The molecule has 30 heavy (non-hydrogen) atoms. The second-order valence-corrected chi connectivity index (χ2v) is 9.92. The van der Waals surface area contributed by atoms with E-state index in [4.69, 9.17) is 0 Å². The number of hydrogen-bond donors (Lipinski definition) is 2. The lowest BCUT2D eigenvalue weighted by Crippen LogP contribution is -2.52. The molecular formula is C24H35FN4O. The summed E-state index contributed by atoms with van der Waals surface area (Å²) in [5.74, 6) is -0.0668. The first-order chi connectivity index (χ1) is 14.6. The lowest BCUT2D eigenvalue weighted by atomic mass is 9.71. The molecule has 2 N–H and O–H groups in total. The highest BCUT2D eigenvalue weighted by atomic mass is 19.1. The molecule has 6 heteroatoms. The van der Waals surface area contributed by atoms with Gasteiger partial charge in [0.05, 0.1) is 11.5 Å². The fraction of sp³-hybridized carbons (Fsp3) is 0.708. The molecule has 0 bridgehead atoms. The summed E-state index contributed by atoms with van der Waals surface area (Å²) in [6, 6.07) is 6.70. The summed E-state index contributed by atoms with van der Waals surface area (Å²) in [5, 5.41) is 6.48. The smallest absolute Gasteiger partial charge is 0.226 e. The van der Waals surface area contributed by atoms with Crippen LogP contribution < -0.4 is 15.5 Å². The Morgan fingerprint density at radius 3 is 2.63 bits per heavy atom. The van der Waals surface area contributed by atoms with Crippen LogP contribution in [0.3, 0.4) is 0 Å². The first kappa shape index (κ1) is 20.3. The van der Waals surface area contributed by atoms with E-state index in [-0.39, 0.29) is 23.2 Å². The molecule has 1 amide bonds. The van der Waals surface area contributed by atoms with Crippen molar-refractivity contribution in [1.82, 2.24) is 15.5 Å². The first-order valence-electron chi connectivity index (χ1n) is 11.9. The average molecular weight is 415 g/mol. The summed E-state index contributed by atoms with van der Waals surface area (Å²) in [4.78, 5) is 17.8. The molecule has 0 aromatic heterocycles. The normalized spacial score (nSPS) is 32.0. The molecule has 1 aromatic rings. The maximum Gasteiger partial charge on any atom is 0.226 e. The third-order valence-corrected chi connectivity index (χ3v) is 8.22. The van der Waals surface area contributed by atoms with Gasteiger partial charge >= 0.3 is 0 Å². The molecule has 3 atom stereocenters. The minimum atomic E-state index is -0.241. The van der Waals surface area contributed by atoms with Crippen LogP contribution in [0.2, 0.25) is 0 Å². The van der Waals surface area contributed by atoms with Crippen LogP contribution in [-0.4, -0.2) is 55.6 Å². The van der Waals surface area contributed by atoms with Crippen molar-refractivity contribution in [1.29, 1.82) is 0 Å². The van der Waals surface area contributed by atoms with E-state index in [1.807, 2.05) is 6.07 Å². The quantitative estimate of drug-likeness (QED) is 0.797. The summed E-state index contributed by atoms with van der Waals surface area (Å²) in [6.07, 6.45) is 7.20. The van der Waals surface area contributed by atoms with E-state index >= 15 is 4.39 Å². The molecule has 4 aliphatic rings. The molecule has 0 radical (unpaired) electrons. The minimum absolute atomic E-state index is 0.117. The van der Waals surface area contributed by atoms with Crippen LogP contribution in [0.4, 0.5) is 10.1 Å².